The van der Waals surface area contributed by atoms with E-state index in [0.717, 1.165) is 12.2 Å². The number of benzene rings is 1. The Morgan fingerprint density at radius 2 is 1.94 bits per heavy atom. The molecule has 0 amide bonds. The Labute approximate surface area is 98.8 Å². The SMILES string of the molecule is Cc1ccc(C(C)C)cc1OCCC(C)N. The van der Waals surface area contributed by atoms with E-state index in [-0.39, 0.29) is 6.04 Å². The maximum Gasteiger partial charge on any atom is 0.122 e. The van der Waals surface area contributed by atoms with Gasteiger partial charge in [0.2, 0.25) is 0 Å². The largest absolute Gasteiger partial charge is 0.493 e. The first-order chi connectivity index (χ1) is 7.50. The van der Waals surface area contributed by atoms with Crippen LogP contribution in [-0.4, -0.2) is 12.6 Å². The molecule has 2 nitrogen and oxygen atoms in total. The molecule has 0 saturated carbocycles. The second-order valence-electron chi connectivity index (χ2n) is 4.79. The topological polar surface area (TPSA) is 35.2 Å². The van der Waals surface area contributed by atoms with Gasteiger partial charge in [0.1, 0.15) is 5.75 Å². The molecule has 0 aliphatic heterocycles. The molecule has 1 aromatic carbocycles. The summed E-state index contributed by atoms with van der Waals surface area (Å²) >= 11 is 0. The highest BCUT2D eigenvalue weighted by atomic mass is 16.5. The predicted octanol–water partition coefficient (Wildman–Crippen LogP) is 3.23. The van der Waals surface area contributed by atoms with E-state index in [4.69, 9.17) is 10.5 Å². The number of rotatable bonds is 5. The van der Waals surface area contributed by atoms with E-state index >= 15 is 0 Å². The van der Waals surface area contributed by atoms with Gasteiger partial charge in [0.25, 0.3) is 0 Å². The Bertz CT molecular complexity index is 332. The molecule has 0 aliphatic rings. The van der Waals surface area contributed by atoms with E-state index in [1.54, 1.807) is 0 Å². The Kier molecular flexibility index (Phi) is 4.81. The summed E-state index contributed by atoms with van der Waals surface area (Å²) < 4.78 is 5.76. The Balaban J connectivity index is 2.67. The van der Waals surface area contributed by atoms with Crippen LogP contribution in [0.2, 0.25) is 0 Å². The molecule has 1 rings (SSSR count). The van der Waals surface area contributed by atoms with Crippen molar-refractivity contribution in [3.63, 3.8) is 0 Å². The molecule has 0 spiro atoms. The summed E-state index contributed by atoms with van der Waals surface area (Å²) in [5.41, 5.74) is 8.20. The standard InChI is InChI=1S/C14H23NO/c1-10(2)13-6-5-11(3)14(9-13)16-8-7-12(4)15/h5-6,9-10,12H,7-8,15H2,1-4H3. The number of aryl methyl sites for hydroxylation is 1. The van der Waals surface area contributed by atoms with Crippen molar-refractivity contribution < 1.29 is 4.74 Å². The zero-order valence-electron chi connectivity index (χ0n) is 10.8. The van der Waals surface area contributed by atoms with Crippen molar-refractivity contribution in [2.45, 2.75) is 46.1 Å². The highest BCUT2D eigenvalue weighted by Gasteiger charge is 2.05. The molecule has 1 aromatic rings. The quantitative estimate of drug-likeness (QED) is 0.828. The van der Waals surface area contributed by atoms with Gasteiger partial charge in [-0.15, -0.1) is 0 Å². The molecule has 2 heteroatoms. The summed E-state index contributed by atoms with van der Waals surface area (Å²) in [7, 11) is 0. The van der Waals surface area contributed by atoms with Crippen molar-refractivity contribution in [1.82, 2.24) is 0 Å². The maximum atomic E-state index is 5.76. The number of hydrogen-bond acceptors (Lipinski definition) is 2. The lowest BCUT2D eigenvalue weighted by Crippen LogP contribution is -2.18. The number of ether oxygens (including phenoxy) is 1. The molecule has 16 heavy (non-hydrogen) atoms. The third kappa shape index (κ3) is 3.86. The monoisotopic (exact) mass is 221 g/mol. The van der Waals surface area contributed by atoms with E-state index in [1.807, 2.05) is 6.92 Å². The molecule has 1 atom stereocenters. The van der Waals surface area contributed by atoms with Crippen molar-refractivity contribution in [1.29, 1.82) is 0 Å². The van der Waals surface area contributed by atoms with Crippen LogP contribution in [0.15, 0.2) is 18.2 Å². The lowest BCUT2D eigenvalue weighted by molar-refractivity contribution is 0.299. The van der Waals surface area contributed by atoms with E-state index in [0.29, 0.717) is 12.5 Å². The van der Waals surface area contributed by atoms with Crippen molar-refractivity contribution >= 4 is 0 Å². The molecule has 0 saturated heterocycles. The molecular formula is C14H23NO. The van der Waals surface area contributed by atoms with E-state index < -0.39 is 0 Å². The average molecular weight is 221 g/mol. The van der Waals surface area contributed by atoms with Gasteiger partial charge in [-0.2, -0.15) is 0 Å². The van der Waals surface area contributed by atoms with Crippen molar-refractivity contribution in [3.8, 4) is 5.75 Å². The lowest BCUT2D eigenvalue weighted by Gasteiger charge is -2.13. The van der Waals surface area contributed by atoms with Crippen LogP contribution in [0.25, 0.3) is 0 Å². The Hall–Kier alpha value is -1.02. The molecule has 1 unspecified atom stereocenters. The fourth-order valence-electron chi connectivity index (χ4n) is 1.49. The zero-order chi connectivity index (χ0) is 12.1. The third-order valence-electron chi connectivity index (χ3n) is 2.71. The summed E-state index contributed by atoms with van der Waals surface area (Å²) in [6.45, 7) is 9.15. The van der Waals surface area contributed by atoms with Gasteiger partial charge < -0.3 is 10.5 Å². The first kappa shape index (κ1) is 13.0. The minimum atomic E-state index is 0.202. The lowest BCUT2D eigenvalue weighted by atomic mass is 10.0. The molecule has 0 aromatic heterocycles. The molecule has 2 N–H and O–H groups in total. The second-order valence-corrected chi connectivity index (χ2v) is 4.79. The minimum absolute atomic E-state index is 0.202. The zero-order valence-corrected chi connectivity index (χ0v) is 10.8. The van der Waals surface area contributed by atoms with Gasteiger partial charge in [0.05, 0.1) is 6.61 Å². The molecule has 0 heterocycles. The smallest absolute Gasteiger partial charge is 0.122 e. The molecular weight excluding hydrogens is 198 g/mol. The average Bonchev–Trinajstić information content (AvgIpc) is 2.20. The van der Waals surface area contributed by atoms with Gasteiger partial charge in [-0.25, -0.2) is 0 Å². The summed E-state index contributed by atoms with van der Waals surface area (Å²) in [5.74, 6) is 1.53. The van der Waals surface area contributed by atoms with Gasteiger partial charge >= 0.3 is 0 Å². The van der Waals surface area contributed by atoms with Crippen molar-refractivity contribution in [3.05, 3.63) is 29.3 Å². The minimum Gasteiger partial charge on any atom is -0.493 e. The molecule has 0 bridgehead atoms. The molecule has 90 valence electrons. The van der Waals surface area contributed by atoms with Gasteiger partial charge in [-0.1, -0.05) is 26.0 Å². The summed E-state index contributed by atoms with van der Waals surface area (Å²) in [6.07, 6.45) is 0.894. The first-order valence-corrected chi connectivity index (χ1v) is 5.99. The van der Waals surface area contributed by atoms with Crippen LogP contribution in [0, 0.1) is 6.92 Å². The van der Waals surface area contributed by atoms with Crippen LogP contribution in [0.3, 0.4) is 0 Å². The first-order valence-electron chi connectivity index (χ1n) is 5.99. The highest BCUT2D eigenvalue weighted by Crippen LogP contribution is 2.24. The maximum absolute atomic E-state index is 5.76. The number of hydrogen-bond donors (Lipinski definition) is 1. The van der Waals surface area contributed by atoms with Crippen molar-refractivity contribution in [2.24, 2.45) is 5.73 Å². The van der Waals surface area contributed by atoms with E-state index in [1.165, 1.54) is 11.1 Å². The second kappa shape index (κ2) is 5.90. The molecule has 0 aliphatic carbocycles. The van der Waals surface area contributed by atoms with Gasteiger partial charge in [0.15, 0.2) is 0 Å². The van der Waals surface area contributed by atoms with Crippen LogP contribution in [0.1, 0.15) is 44.2 Å². The van der Waals surface area contributed by atoms with Crippen molar-refractivity contribution in [2.75, 3.05) is 6.61 Å². The van der Waals surface area contributed by atoms with Crippen LogP contribution in [-0.2, 0) is 0 Å². The normalized spacial score (nSPS) is 12.9. The van der Waals surface area contributed by atoms with E-state index in [2.05, 4.69) is 39.0 Å². The van der Waals surface area contributed by atoms with Gasteiger partial charge in [0, 0.05) is 6.04 Å². The fourth-order valence-corrected chi connectivity index (χ4v) is 1.49. The molecule has 0 fully saturated rings. The van der Waals surface area contributed by atoms with Gasteiger partial charge in [-0.05, 0) is 43.4 Å². The van der Waals surface area contributed by atoms with Crippen LogP contribution in [0.5, 0.6) is 5.75 Å². The Morgan fingerprint density at radius 1 is 1.25 bits per heavy atom. The predicted molar refractivity (Wildman–Crippen MR) is 69.0 cm³/mol. The highest BCUT2D eigenvalue weighted by molar-refractivity contribution is 5.37. The summed E-state index contributed by atoms with van der Waals surface area (Å²) in [5, 5.41) is 0. The van der Waals surface area contributed by atoms with Crippen LogP contribution >= 0.6 is 0 Å². The van der Waals surface area contributed by atoms with Gasteiger partial charge in [-0.3, -0.25) is 0 Å². The summed E-state index contributed by atoms with van der Waals surface area (Å²) in [4.78, 5) is 0. The fraction of sp³-hybridized carbons (Fsp3) is 0.571. The third-order valence-corrected chi connectivity index (χ3v) is 2.71. The molecule has 0 radical (unpaired) electrons. The summed E-state index contributed by atoms with van der Waals surface area (Å²) in [6, 6.07) is 6.63. The number of nitrogens with two attached hydrogens (primary N) is 1. The Morgan fingerprint density at radius 3 is 2.50 bits per heavy atom. The van der Waals surface area contributed by atoms with E-state index in [9.17, 15) is 0 Å². The van der Waals surface area contributed by atoms with Crippen LogP contribution in [0.4, 0.5) is 0 Å². The van der Waals surface area contributed by atoms with Crippen LogP contribution < -0.4 is 10.5 Å².